The van der Waals surface area contributed by atoms with Crippen LogP contribution in [0.1, 0.15) is 37.3 Å². The van der Waals surface area contributed by atoms with Crippen molar-refractivity contribution < 1.29 is 9.90 Å². The van der Waals surface area contributed by atoms with Gasteiger partial charge in [-0.25, -0.2) is 0 Å². The van der Waals surface area contributed by atoms with Gasteiger partial charge in [-0.1, -0.05) is 30.3 Å². The van der Waals surface area contributed by atoms with Crippen molar-refractivity contribution in [2.45, 2.75) is 37.8 Å². The van der Waals surface area contributed by atoms with Crippen molar-refractivity contribution in [2.24, 2.45) is 5.73 Å². The molecule has 1 heterocycles. The molecular weight excluding hydrogens is 240 g/mol. The molecule has 104 valence electrons. The summed E-state index contributed by atoms with van der Waals surface area (Å²) < 4.78 is 0. The Morgan fingerprint density at radius 1 is 1.37 bits per heavy atom. The van der Waals surface area contributed by atoms with Gasteiger partial charge in [-0.05, 0) is 31.2 Å². The van der Waals surface area contributed by atoms with E-state index in [4.69, 9.17) is 10.8 Å². The molecular formula is C15H22N2O2. The molecule has 4 heteroatoms. The Balaban J connectivity index is 2.08. The highest BCUT2D eigenvalue weighted by atomic mass is 16.3. The first-order chi connectivity index (χ1) is 9.24. The van der Waals surface area contributed by atoms with Gasteiger partial charge in [-0.3, -0.25) is 4.79 Å². The van der Waals surface area contributed by atoms with Crippen molar-refractivity contribution in [3.05, 3.63) is 35.9 Å². The largest absolute Gasteiger partial charge is 0.396 e. The SMILES string of the molecule is N[C@H](C(=O)N1CCCCC1CCO)c1ccccc1. The molecule has 1 amide bonds. The highest BCUT2D eigenvalue weighted by Crippen LogP contribution is 2.23. The third-order valence-corrected chi connectivity index (χ3v) is 3.80. The van der Waals surface area contributed by atoms with E-state index in [0.717, 1.165) is 31.4 Å². The van der Waals surface area contributed by atoms with Gasteiger partial charge in [0.25, 0.3) is 0 Å². The molecule has 2 rings (SSSR count). The molecule has 1 saturated heterocycles. The van der Waals surface area contributed by atoms with E-state index < -0.39 is 6.04 Å². The molecule has 0 bridgehead atoms. The molecule has 0 saturated carbocycles. The van der Waals surface area contributed by atoms with Crippen molar-refractivity contribution in [3.63, 3.8) is 0 Å². The summed E-state index contributed by atoms with van der Waals surface area (Å²) in [5.41, 5.74) is 6.92. The number of carbonyl (C=O) groups excluding carboxylic acids is 1. The van der Waals surface area contributed by atoms with Gasteiger partial charge in [-0.15, -0.1) is 0 Å². The van der Waals surface area contributed by atoms with E-state index in [1.165, 1.54) is 0 Å². The van der Waals surface area contributed by atoms with E-state index in [1.54, 1.807) is 0 Å². The number of rotatable bonds is 4. The maximum atomic E-state index is 12.5. The van der Waals surface area contributed by atoms with Gasteiger partial charge in [-0.2, -0.15) is 0 Å². The lowest BCUT2D eigenvalue weighted by molar-refractivity contribution is -0.136. The van der Waals surface area contributed by atoms with Gasteiger partial charge in [0.05, 0.1) is 0 Å². The first-order valence-electron chi connectivity index (χ1n) is 6.96. The third-order valence-electron chi connectivity index (χ3n) is 3.80. The Bertz CT molecular complexity index is 406. The van der Waals surface area contributed by atoms with Crippen LogP contribution in [0.25, 0.3) is 0 Å². The molecule has 1 aromatic rings. The number of nitrogens with two attached hydrogens (primary N) is 1. The van der Waals surface area contributed by atoms with Crippen molar-refractivity contribution in [1.29, 1.82) is 0 Å². The van der Waals surface area contributed by atoms with Crippen LogP contribution in [0.3, 0.4) is 0 Å². The average Bonchev–Trinajstić information content (AvgIpc) is 2.47. The lowest BCUT2D eigenvalue weighted by Gasteiger charge is -2.37. The number of likely N-dealkylation sites (tertiary alicyclic amines) is 1. The lowest BCUT2D eigenvalue weighted by atomic mass is 9.97. The van der Waals surface area contributed by atoms with Crippen LogP contribution in [-0.2, 0) is 4.79 Å². The van der Waals surface area contributed by atoms with Crippen LogP contribution in [0.2, 0.25) is 0 Å². The molecule has 1 unspecified atom stereocenters. The smallest absolute Gasteiger partial charge is 0.244 e. The van der Waals surface area contributed by atoms with E-state index in [2.05, 4.69) is 0 Å². The maximum absolute atomic E-state index is 12.5. The summed E-state index contributed by atoms with van der Waals surface area (Å²) in [7, 11) is 0. The number of piperidine rings is 1. The predicted molar refractivity (Wildman–Crippen MR) is 74.4 cm³/mol. The third kappa shape index (κ3) is 3.33. The minimum atomic E-state index is -0.597. The average molecular weight is 262 g/mol. The molecule has 4 nitrogen and oxygen atoms in total. The molecule has 19 heavy (non-hydrogen) atoms. The number of hydrogen-bond acceptors (Lipinski definition) is 3. The predicted octanol–water partition coefficient (Wildman–Crippen LogP) is 1.45. The van der Waals surface area contributed by atoms with Crippen molar-refractivity contribution in [1.82, 2.24) is 4.90 Å². The maximum Gasteiger partial charge on any atom is 0.244 e. The molecule has 0 aromatic heterocycles. The van der Waals surface area contributed by atoms with Crippen LogP contribution in [0, 0.1) is 0 Å². The second-order valence-corrected chi connectivity index (χ2v) is 5.08. The molecule has 0 radical (unpaired) electrons. The van der Waals surface area contributed by atoms with E-state index in [9.17, 15) is 4.79 Å². The van der Waals surface area contributed by atoms with Crippen LogP contribution in [0.4, 0.5) is 0 Å². The zero-order valence-corrected chi connectivity index (χ0v) is 11.2. The molecule has 3 N–H and O–H groups in total. The molecule has 0 aliphatic carbocycles. The minimum absolute atomic E-state index is 0.0237. The number of hydrogen-bond donors (Lipinski definition) is 2. The van der Waals surface area contributed by atoms with E-state index in [-0.39, 0.29) is 18.6 Å². The topological polar surface area (TPSA) is 66.6 Å². The van der Waals surface area contributed by atoms with Gasteiger partial charge in [0.2, 0.25) is 5.91 Å². The zero-order chi connectivity index (χ0) is 13.7. The molecule has 1 aliphatic heterocycles. The monoisotopic (exact) mass is 262 g/mol. The van der Waals surface area contributed by atoms with Gasteiger partial charge < -0.3 is 15.7 Å². The Kier molecular flexibility index (Phi) is 4.93. The second-order valence-electron chi connectivity index (χ2n) is 5.08. The summed E-state index contributed by atoms with van der Waals surface area (Å²) >= 11 is 0. The summed E-state index contributed by atoms with van der Waals surface area (Å²) in [6.45, 7) is 0.874. The minimum Gasteiger partial charge on any atom is -0.396 e. The van der Waals surface area contributed by atoms with Gasteiger partial charge in [0.1, 0.15) is 6.04 Å². The number of nitrogens with zero attached hydrogens (tertiary/aromatic N) is 1. The van der Waals surface area contributed by atoms with E-state index in [1.807, 2.05) is 35.2 Å². The number of amides is 1. The van der Waals surface area contributed by atoms with Gasteiger partial charge in [0.15, 0.2) is 0 Å². The van der Waals surface area contributed by atoms with Crippen LogP contribution in [-0.4, -0.2) is 35.1 Å². The summed E-state index contributed by atoms with van der Waals surface area (Å²) in [5.74, 6) is -0.0237. The Labute approximate surface area is 114 Å². The van der Waals surface area contributed by atoms with Crippen LogP contribution < -0.4 is 5.73 Å². The summed E-state index contributed by atoms with van der Waals surface area (Å²) in [5, 5.41) is 9.10. The van der Waals surface area contributed by atoms with Crippen LogP contribution in [0.15, 0.2) is 30.3 Å². The fourth-order valence-corrected chi connectivity index (χ4v) is 2.72. The molecule has 1 aliphatic rings. The number of aliphatic hydroxyl groups is 1. The van der Waals surface area contributed by atoms with Gasteiger partial charge >= 0.3 is 0 Å². The Morgan fingerprint density at radius 2 is 2.11 bits per heavy atom. The highest BCUT2D eigenvalue weighted by molar-refractivity contribution is 5.83. The summed E-state index contributed by atoms with van der Waals surface area (Å²) in [6.07, 6.45) is 3.76. The molecule has 0 spiro atoms. The van der Waals surface area contributed by atoms with Crippen molar-refractivity contribution >= 4 is 5.91 Å². The van der Waals surface area contributed by atoms with Gasteiger partial charge in [0, 0.05) is 19.2 Å². The van der Waals surface area contributed by atoms with E-state index in [0.29, 0.717) is 6.42 Å². The highest BCUT2D eigenvalue weighted by Gasteiger charge is 2.30. The number of carbonyl (C=O) groups is 1. The van der Waals surface area contributed by atoms with Crippen LogP contribution >= 0.6 is 0 Å². The Hall–Kier alpha value is -1.39. The lowest BCUT2D eigenvalue weighted by Crippen LogP contribution is -2.47. The van der Waals surface area contributed by atoms with Crippen molar-refractivity contribution in [3.8, 4) is 0 Å². The molecule has 2 atom stereocenters. The fourth-order valence-electron chi connectivity index (χ4n) is 2.72. The Morgan fingerprint density at radius 3 is 2.79 bits per heavy atom. The van der Waals surface area contributed by atoms with E-state index >= 15 is 0 Å². The standard InChI is InChI=1S/C15H22N2O2/c16-14(12-6-2-1-3-7-12)15(19)17-10-5-4-8-13(17)9-11-18/h1-3,6-7,13-14,18H,4-5,8-11,16H2/t13?,14-/m0/s1. The number of aliphatic hydroxyl groups excluding tert-OH is 1. The van der Waals surface area contributed by atoms with Crippen LogP contribution in [0.5, 0.6) is 0 Å². The van der Waals surface area contributed by atoms with Crippen molar-refractivity contribution in [2.75, 3.05) is 13.2 Å². The first-order valence-corrected chi connectivity index (χ1v) is 6.96. The summed E-state index contributed by atoms with van der Waals surface area (Å²) in [6, 6.07) is 9.01. The fraction of sp³-hybridized carbons (Fsp3) is 0.533. The zero-order valence-electron chi connectivity index (χ0n) is 11.2. The second kappa shape index (κ2) is 6.68. The summed E-state index contributed by atoms with van der Waals surface area (Å²) in [4.78, 5) is 14.4. The first kappa shape index (κ1) is 14.0. The number of benzene rings is 1. The quantitative estimate of drug-likeness (QED) is 0.863. The normalized spacial score (nSPS) is 21.2. The molecule has 1 aromatic carbocycles. The molecule has 1 fully saturated rings.